The number of rotatable bonds is 1. The van der Waals surface area contributed by atoms with Gasteiger partial charge in [0, 0.05) is 16.8 Å². The smallest absolute Gasteiger partial charge is 0.140 e. The number of fused-ring (bicyclic) bond motifs is 1. The van der Waals surface area contributed by atoms with E-state index in [0.29, 0.717) is 5.65 Å². The van der Waals surface area contributed by atoms with E-state index in [0.717, 1.165) is 0 Å². The number of anilines is 1. The van der Waals surface area contributed by atoms with Crippen molar-refractivity contribution in [1.82, 2.24) is 9.38 Å². The molecule has 0 bridgehead atoms. The minimum absolute atomic E-state index is 0.177. The lowest BCUT2D eigenvalue weighted by atomic mass is 10.1. The molecule has 6 heteroatoms. The van der Waals surface area contributed by atoms with Crippen molar-refractivity contribution in [2.75, 3.05) is 5.73 Å². The normalized spacial score (nSPS) is 11.1. The van der Waals surface area contributed by atoms with E-state index in [9.17, 15) is 8.78 Å². The molecule has 96 valence electrons. The molecule has 3 nitrogen and oxygen atoms in total. The van der Waals surface area contributed by atoms with Crippen molar-refractivity contribution in [3.63, 3.8) is 0 Å². The van der Waals surface area contributed by atoms with Crippen molar-refractivity contribution in [2.45, 2.75) is 0 Å². The van der Waals surface area contributed by atoms with E-state index in [1.54, 1.807) is 6.07 Å². The molecule has 2 N–H and O–H groups in total. The van der Waals surface area contributed by atoms with Crippen molar-refractivity contribution >= 4 is 23.1 Å². The molecule has 2 heterocycles. The van der Waals surface area contributed by atoms with Crippen LogP contribution in [-0.4, -0.2) is 9.38 Å². The Morgan fingerprint density at radius 1 is 1.16 bits per heavy atom. The second kappa shape index (κ2) is 4.20. The van der Waals surface area contributed by atoms with Crippen LogP contribution in [0.5, 0.6) is 0 Å². The standard InChI is InChI=1S/C13H8ClF2N3/c14-7-1-3-9(10(16)5-7)12-13(17)19-6-8(15)2-4-11(19)18-12/h1-6H,17H2. The average molecular weight is 280 g/mol. The topological polar surface area (TPSA) is 43.3 Å². The van der Waals surface area contributed by atoms with Crippen LogP contribution < -0.4 is 5.73 Å². The summed E-state index contributed by atoms with van der Waals surface area (Å²) in [5.41, 5.74) is 6.82. The summed E-state index contributed by atoms with van der Waals surface area (Å²) in [7, 11) is 0. The molecular weight excluding hydrogens is 272 g/mol. The third kappa shape index (κ3) is 1.92. The Hall–Kier alpha value is -2.14. The summed E-state index contributed by atoms with van der Waals surface area (Å²) >= 11 is 5.70. The predicted octanol–water partition coefficient (Wildman–Crippen LogP) is 3.52. The van der Waals surface area contributed by atoms with E-state index < -0.39 is 11.6 Å². The molecule has 0 aliphatic rings. The van der Waals surface area contributed by atoms with Crippen LogP contribution in [0.2, 0.25) is 5.02 Å². The number of hydrogen-bond donors (Lipinski definition) is 1. The maximum absolute atomic E-state index is 13.9. The van der Waals surface area contributed by atoms with Gasteiger partial charge in [-0.15, -0.1) is 0 Å². The molecular formula is C13H8ClF2N3. The molecule has 0 saturated heterocycles. The molecule has 3 aromatic rings. The molecule has 0 fully saturated rings. The highest BCUT2D eigenvalue weighted by molar-refractivity contribution is 6.30. The number of hydrogen-bond acceptors (Lipinski definition) is 2. The predicted molar refractivity (Wildman–Crippen MR) is 70.0 cm³/mol. The lowest BCUT2D eigenvalue weighted by Crippen LogP contribution is -1.95. The van der Waals surface area contributed by atoms with Crippen LogP contribution >= 0.6 is 11.6 Å². The molecule has 2 aromatic heterocycles. The monoisotopic (exact) mass is 279 g/mol. The zero-order valence-corrected chi connectivity index (χ0v) is 10.3. The van der Waals surface area contributed by atoms with Crippen molar-refractivity contribution < 1.29 is 8.78 Å². The van der Waals surface area contributed by atoms with Gasteiger partial charge in [0.1, 0.15) is 28.8 Å². The molecule has 0 atom stereocenters. The van der Waals surface area contributed by atoms with Crippen molar-refractivity contribution in [3.05, 3.63) is 53.2 Å². The van der Waals surface area contributed by atoms with Gasteiger partial charge in [0.2, 0.25) is 0 Å². The van der Waals surface area contributed by atoms with Crippen LogP contribution in [0.3, 0.4) is 0 Å². The molecule has 1 aromatic carbocycles. The SMILES string of the molecule is Nc1c(-c2ccc(Cl)cc2F)nc2ccc(F)cn12. The van der Waals surface area contributed by atoms with Gasteiger partial charge in [-0.25, -0.2) is 13.8 Å². The van der Waals surface area contributed by atoms with E-state index in [2.05, 4.69) is 4.98 Å². The maximum atomic E-state index is 13.9. The summed E-state index contributed by atoms with van der Waals surface area (Å²) in [5, 5.41) is 0.287. The van der Waals surface area contributed by atoms with Gasteiger partial charge in [0.05, 0.1) is 0 Å². The van der Waals surface area contributed by atoms with Gasteiger partial charge in [0.25, 0.3) is 0 Å². The van der Waals surface area contributed by atoms with Crippen molar-refractivity contribution in [3.8, 4) is 11.3 Å². The van der Waals surface area contributed by atoms with Crippen molar-refractivity contribution in [2.24, 2.45) is 0 Å². The van der Waals surface area contributed by atoms with Crippen LogP contribution in [0.4, 0.5) is 14.6 Å². The molecule has 0 aliphatic carbocycles. The van der Waals surface area contributed by atoms with Crippen LogP contribution in [0, 0.1) is 11.6 Å². The average Bonchev–Trinajstić information content (AvgIpc) is 2.67. The zero-order valence-electron chi connectivity index (χ0n) is 9.57. The van der Waals surface area contributed by atoms with Gasteiger partial charge in [-0.1, -0.05) is 11.6 Å². The van der Waals surface area contributed by atoms with E-state index in [1.165, 1.54) is 34.9 Å². The minimum atomic E-state index is -0.525. The van der Waals surface area contributed by atoms with E-state index in [-0.39, 0.29) is 22.1 Å². The van der Waals surface area contributed by atoms with Crippen LogP contribution in [0.25, 0.3) is 16.9 Å². The molecule has 0 spiro atoms. The van der Waals surface area contributed by atoms with Crippen LogP contribution in [0.1, 0.15) is 0 Å². The number of nitrogens with zero attached hydrogens (tertiary/aromatic N) is 2. The summed E-state index contributed by atoms with van der Waals surface area (Å²) in [6.45, 7) is 0. The van der Waals surface area contributed by atoms with E-state index in [4.69, 9.17) is 17.3 Å². The first-order chi connectivity index (χ1) is 9.06. The highest BCUT2D eigenvalue weighted by Gasteiger charge is 2.15. The quantitative estimate of drug-likeness (QED) is 0.741. The molecule has 19 heavy (non-hydrogen) atoms. The highest BCUT2D eigenvalue weighted by Crippen LogP contribution is 2.30. The van der Waals surface area contributed by atoms with E-state index >= 15 is 0 Å². The Kier molecular flexibility index (Phi) is 2.64. The van der Waals surface area contributed by atoms with Crippen LogP contribution in [-0.2, 0) is 0 Å². The first-order valence-corrected chi connectivity index (χ1v) is 5.82. The molecule has 0 aliphatic heterocycles. The summed E-state index contributed by atoms with van der Waals surface area (Å²) in [5.74, 6) is -0.793. The lowest BCUT2D eigenvalue weighted by Gasteiger charge is -2.01. The lowest BCUT2D eigenvalue weighted by molar-refractivity contribution is 0.619. The largest absolute Gasteiger partial charge is 0.383 e. The van der Waals surface area contributed by atoms with Gasteiger partial charge in [-0.05, 0) is 30.3 Å². The second-order valence-corrected chi connectivity index (χ2v) is 4.48. The summed E-state index contributed by atoms with van der Waals surface area (Å²) in [6, 6.07) is 6.96. The Morgan fingerprint density at radius 3 is 2.68 bits per heavy atom. The third-order valence-electron chi connectivity index (χ3n) is 2.81. The van der Waals surface area contributed by atoms with E-state index in [1.807, 2.05) is 0 Å². The Morgan fingerprint density at radius 2 is 1.95 bits per heavy atom. The Labute approximate surface area is 112 Å². The summed E-state index contributed by atoms with van der Waals surface area (Å²) < 4.78 is 28.4. The van der Waals surface area contributed by atoms with Gasteiger partial charge in [0.15, 0.2) is 0 Å². The number of nitrogen functional groups attached to an aromatic ring is 1. The molecule has 0 saturated carbocycles. The summed E-state index contributed by atoms with van der Waals surface area (Å²) in [6.07, 6.45) is 1.20. The number of benzene rings is 1. The number of pyridine rings is 1. The fourth-order valence-electron chi connectivity index (χ4n) is 1.92. The Balaban J connectivity index is 2.28. The molecule has 3 rings (SSSR count). The molecule has 0 amide bonds. The first kappa shape index (κ1) is 11.9. The summed E-state index contributed by atoms with van der Waals surface area (Å²) in [4.78, 5) is 4.20. The second-order valence-electron chi connectivity index (χ2n) is 4.05. The number of aromatic nitrogens is 2. The van der Waals surface area contributed by atoms with Gasteiger partial charge in [-0.2, -0.15) is 0 Å². The first-order valence-electron chi connectivity index (χ1n) is 5.45. The molecule has 0 radical (unpaired) electrons. The fraction of sp³-hybridized carbons (Fsp3) is 0. The third-order valence-corrected chi connectivity index (χ3v) is 3.04. The zero-order chi connectivity index (χ0) is 13.6. The van der Waals surface area contributed by atoms with Gasteiger partial charge < -0.3 is 5.73 Å². The Bertz CT molecular complexity index is 783. The number of imidazole rings is 1. The number of nitrogens with two attached hydrogens (primary N) is 1. The van der Waals surface area contributed by atoms with Gasteiger partial charge in [-0.3, -0.25) is 4.40 Å². The maximum Gasteiger partial charge on any atom is 0.140 e. The van der Waals surface area contributed by atoms with Gasteiger partial charge >= 0.3 is 0 Å². The minimum Gasteiger partial charge on any atom is -0.383 e. The fourth-order valence-corrected chi connectivity index (χ4v) is 2.08. The molecule has 0 unspecified atom stereocenters. The van der Waals surface area contributed by atoms with Crippen molar-refractivity contribution in [1.29, 1.82) is 0 Å². The highest BCUT2D eigenvalue weighted by atomic mass is 35.5. The number of halogens is 3. The van der Waals surface area contributed by atoms with Crippen LogP contribution in [0.15, 0.2) is 36.5 Å².